The summed E-state index contributed by atoms with van der Waals surface area (Å²) in [5, 5.41) is 0. The molecule has 0 aliphatic carbocycles. The molecule has 5 nitrogen and oxygen atoms in total. The van der Waals surface area contributed by atoms with Crippen LogP contribution in [-0.2, 0) is 23.1 Å². The zero-order valence-corrected chi connectivity index (χ0v) is 16.4. The van der Waals surface area contributed by atoms with Crippen molar-refractivity contribution in [3.05, 3.63) is 0 Å². The molecule has 118 valence electrons. The van der Waals surface area contributed by atoms with Gasteiger partial charge in [0, 0.05) is 13.2 Å². The fourth-order valence-corrected chi connectivity index (χ4v) is 7.58. The molecule has 0 radical (unpaired) electrons. The van der Waals surface area contributed by atoms with Crippen molar-refractivity contribution in [1.29, 1.82) is 0 Å². The number of ether oxygens (including phenoxy) is 2. The smallest absolute Gasteiger partial charge is 0.323 e. The van der Waals surface area contributed by atoms with Gasteiger partial charge in [0.05, 0.1) is 19.0 Å². The second-order valence-electron chi connectivity index (χ2n) is 5.59. The molecule has 8 heteroatoms. The minimum atomic E-state index is -2.56. The second-order valence-corrected chi connectivity index (χ2v) is 10.1. The first-order valence-corrected chi connectivity index (χ1v) is 13.3. The Labute approximate surface area is 126 Å². The lowest BCUT2D eigenvalue weighted by molar-refractivity contribution is -0.175. The van der Waals surface area contributed by atoms with Crippen molar-refractivity contribution in [2.24, 2.45) is 0 Å². The van der Waals surface area contributed by atoms with Crippen molar-refractivity contribution in [2.45, 2.75) is 62.4 Å². The molecule has 2 saturated heterocycles. The summed E-state index contributed by atoms with van der Waals surface area (Å²) in [4.78, 5) is 0. The van der Waals surface area contributed by atoms with Crippen LogP contribution >= 0.6 is 8.25 Å². The molecule has 0 amide bonds. The molecule has 0 aromatic rings. The minimum absolute atomic E-state index is 0.570. The van der Waals surface area contributed by atoms with Crippen molar-refractivity contribution in [3.63, 3.8) is 0 Å². The maximum atomic E-state index is 12.3. The van der Waals surface area contributed by atoms with Crippen molar-refractivity contribution in [1.82, 2.24) is 0 Å². The Bertz CT molecular complexity index is 300. The van der Waals surface area contributed by atoms with Crippen LogP contribution in [0.4, 0.5) is 0 Å². The summed E-state index contributed by atoms with van der Waals surface area (Å²) in [5.41, 5.74) is -1.14. The van der Waals surface area contributed by atoms with E-state index in [4.69, 9.17) is 18.5 Å². The third-order valence-electron chi connectivity index (χ3n) is 4.25. The van der Waals surface area contributed by atoms with Crippen molar-refractivity contribution >= 4 is 27.3 Å². The standard InChI is InChI=1S/C12H27O5PSi2/c1-19-11(7-3-5-9-14-11)16-18(13)17-12(20-2)8-4-6-10-15-12/h18H,3-10,19-20H2,1-2H3. The maximum Gasteiger partial charge on any atom is 0.323 e. The van der Waals surface area contributed by atoms with Gasteiger partial charge in [-0.2, -0.15) is 0 Å². The van der Waals surface area contributed by atoms with E-state index in [0.717, 1.165) is 38.5 Å². The van der Waals surface area contributed by atoms with Crippen LogP contribution in [0.5, 0.6) is 0 Å². The molecule has 0 saturated carbocycles. The van der Waals surface area contributed by atoms with Crippen LogP contribution in [0, 0.1) is 0 Å². The normalized spacial score (nSPS) is 37.9. The maximum absolute atomic E-state index is 12.3. The van der Waals surface area contributed by atoms with E-state index in [1.54, 1.807) is 0 Å². The fourth-order valence-electron chi connectivity index (χ4n) is 2.84. The zero-order valence-electron chi connectivity index (χ0n) is 12.6. The van der Waals surface area contributed by atoms with Gasteiger partial charge in [-0.05, 0) is 38.5 Å². The third kappa shape index (κ3) is 4.25. The van der Waals surface area contributed by atoms with Crippen LogP contribution in [0.2, 0.25) is 13.1 Å². The summed E-state index contributed by atoms with van der Waals surface area (Å²) >= 11 is 0. The molecule has 0 aromatic heterocycles. The Hall–Kier alpha value is 0.504. The number of hydrogen-bond donors (Lipinski definition) is 0. The van der Waals surface area contributed by atoms with E-state index < -0.39 is 38.1 Å². The third-order valence-corrected chi connectivity index (χ3v) is 9.46. The molecule has 2 aliphatic heterocycles. The first kappa shape index (κ1) is 16.9. The van der Waals surface area contributed by atoms with Gasteiger partial charge in [-0.25, -0.2) is 0 Å². The number of hydrogen-bond acceptors (Lipinski definition) is 5. The van der Waals surface area contributed by atoms with Crippen LogP contribution in [0.1, 0.15) is 38.5 Å². The Kier molecular flexibility index (Phi) is 6.47. The largest absolute Gasteiger partial charge is 0.354 e. The Morgan fingerprint density at radius 3 is 1.65 bits per heavy atom. The number of rotatable bonds is 6. The van der Waals surface area contributed by atoms with Crippen LogP contribution < -0.4 is 0 Å². The Morgan fingerprint density at radius 2 is 1.35 bits per heavy atom. The molecule has 2 heterocycles. The van der Waals surface area contributed by atoms with Crippen LogP contribution in [0.3, 0.4) is 0 Å². The Morgan fingerprint density at radius 1 is 0.900 bits per heavy atom. The monoisotopic (exact) mass is 338 g/mol. The van der Waals surface area contributed by atoms with E-state index in [1.807, 2.05) is 0 Å². The summed E-state index contributed by atoms with van der Waals surface area (Å²) in [5.74, 6) is 0. The van der Waals surface area contributed by atoms with Gasteiger partial charge >= 0.3 is 8.25 Å². The topological polar surface area (TPSA) is 54.0 Å². The van der Waals surface area contributed by atoms with Gasteiger partial charge in [0.25, 0.3) is 0 Å². The SMILES string of the molecule is C[SiH2]C1(O[PH](=O)OC2([SiH2]C)CCCCO2)CCCCO1. The highest BCUT2D eigenvalue weighted by molar-refractivity contribution is 7.33. The lowest BCUT2D eigenvalue weighted by atomic mass is 10.2. The van der Waals surface area contributed by atoms with Gasteiger partial charge < -0.3 is 9.47 Å². The second kappa shape index (κ2) is 7.67. The molecule has 20 heavy (non-hydrogen) atoms. The predicted molar refractivity (Wildman–Crippen MR) is 85.1 cm³/mol. The van der Waals surface area contributed by atoms with Gasteiger partial charge in [0.1, 0.15) is 0 Å². The quantitative estimate of drug-likeness (QED) is 0.543. The van der Waals surface area contributed by atoms with Crippen molar-refractivity contribution in [3.8, 4) is 0 Å². The highest BCUT2D eigenvalue weighted by Gasteiger charge is 2.39. The van der Waals surface area contributed by atoms with Crippen molar-refractivity contribution in [2.75, 3.05) is 13.2 Å². The molecule has 2 rings (SSSR count). The molecular weight excluding hydrogens is 311 g/mol. The average Bonchev–Trinajstić information content (AvgIpc) is 2.49. The van der Waals surface area contributed by atoms with E-state index in [2.05, 4.69) is 13.1 Å². The lowest BCUT2D eigenvalue weighted by Crippen LogP contribution is -2.45. The Balaban J connectivity index is 1.93. The summed E-state index contributed by atoms with van der Waals surface area (Å²) in [6, 6.07) is 0. The lowest BCUT2D eigenvalue weighted by Gasteiger charge is -2.39. The first-order valence-electron chi connectivity index (χ1n) is 7.83. The average molecular weight is 338 g/mol. The van der Waals surface area contributed by atoms with E-state index in [9.17, 15) is 4.57 Å². The predicted octanol–water partition coefficient (Wildman–Crippen LogP) is 1.55. The molecule has 0 N–H and O–H groups in total. The molecule has 0 spiro atoms. The molecule has 0 bridgehead atoms. The summed E-state index contributed by atoms with van der Waals surface area (Å²) in [6.07, 6.45) is 6.01. The highest BCUT2D eigenvalue weighted by Crippen LogP contribution is 2.42. The van der Waals surface area contributed by atoms with E-state index in [1.165, 1.54) is 0 Å². The van der Waals surface area contributed by atoms with Crippen LogP contribution in [0.15, 0.2) is 0 Å². The first-order chi connectivity index (χ1) is 9.64. The summed E-state index contributed by atoms with van der Waals surface area (Å²) < 4.78 is 35.5. The fraction of sp³-hybridized carbons (Fsp3) is 1.00. The van der Waals surface area contributed by atoms with E-state index in [-0.39, 0.29) is 0 Å². The zero-order chi connectivity index (χ0) is 14.5. The minimum Gasteiger partial charge on any atom is -0.354 e. The van der Waals surface area contributed by atoms with Gasteiger partial charge in [0.2, 0.25) is 0 Å². The summed E-state index contributed by atoms with van der Waals surface area (Å²) in [7, 11) is -3.70. The van der Waals surface area contributed by atoms with E-state index >= 15 is 0 Å². The van der Waals surface area contributed by atoms with Gasteiger partial charge in [0.15, 0.2) is 10.8 Å². The molecule has 2 fully saturated rings. The van der Waals surface area contributed by atoms with Gasteiger partial charge in [-0.3, -0.25) is 13.6 Å². The summed E-state index contributed by atoms with van der Waals surface area (Å²) in [6.45, 7) is 5.70. The molecule has 0 aromatic carbocycles. The molecule has 2 unspecified atom stereocenters. The van der Waals surface area contributed by atoms with E-state index in [0.29, 0.717) is 13.2 Å². The van der Waals surface area contributed by atoms with Crippen LogP contribution in [0.25, 0.3) is 0 Å². The molecule has 2 aliphatic rings. The molecular formula is C12H27O5PSi2. The van der Waals surface area contributed by atoms with Crippen LogP contribution in [-0.4, -0.2) is 43.1 Å². The van der Waals surface area contributed by atoms with Gasteiger partial charge in [-0.15, -0.1) is 0 Å². The highest BCUT2D eigenvalue weighted by atomic mass is 31.1. The molecule has 2 atom stereocenters. The van der Waals surface area contributed by atoms with Crippen molar-refractivity contribution < 1.29 is 23.1 Å². The van der Waals surface area contributed by atoms with Gasteiger partial charge in [-0.1, -0.05) is 13.1 Å².